The minimum atomic E-state index is 0.453. The van der Waals surface area contributed by atoms with Gasteiger partial charge < -0.3 is 15.0 Å². The number of likely N-dealkylation sites (tertiary alicyclic amines) is 1. The molecule has 2 atom stereocenters. The molecule has 1 aromatic rings. The van der Waals surface area contributed by atoms with Crippen LogP contribution in [0.5, 0.6) is 0 Å². The van der Waals surface area contributed by atoms with Gasteiger partial charge in [0.2, 0.25) is 0 Å². The molecule has 0 radical (unpaired) electrons. The van der Waals surface area contributed by atoms with E-state index in [0.29, 0.717) is 12.0 Å². The molecule has 0 amide bonds. The van der Waals surface area contributed by atoms with Crippen molar-refractivity contribution >= 4 is 0 Å². The highest BCUT2D eigenvalue weighted by Crippen LogP contribution is 2.26. The van der Waals surface area contributed by atoms with Gasteiger partial charge in [-0.05, 0) is 37.4 Å². The topological polar surface area (TPSA) is 24.5 Å². The van der Waals surface area contributed by atoms with Crippen LogP contribution in [-0.4, -0.2) is 50.8 Å². The van der Waals surface area contributed by atoms with Crippen LogP contribution in [0.4, 0.5) is 0 Å². The van der Waals surface area contributed by atoms with Crippen LogP contribution in [0.25, 0.3) is 0 Å². The van der Waals surface area contributed by atoms with Gasteiger partial charge >= 0.3 is 0 Å². The minimum Gasteiger partial charge on any atom is -0.383 e. The molecule has 20 heavy (non-hydrogen) atoms. The lowest BCUT2D eigenvalue weighted by atomic mass is 9.99. The first kappa shape index (κ1) is 15.5. The molecule has 2 unspecified atom stereocenters. The number of hydrogen-bond donors (Lipinski definition) is 1. The van der Waals surface area contributed by atoms with E-state index < -0.39 is 0 Å². The summed E-state index contributed by atoms with van der Waals surface area (Å²) in [5, 5.41) is 3.59. The molecule has 1 fully saturated rings. The van der Waals surface area contributed by atoms with E-state index in [1.807, 2.05) is 0 Å². The predicted molar refractivity (Wildman–Crippen MR) is 84.2 cm³/mol. The van der Waals surface area contributed by atoms with E-state index in [1.54, 1.807) is 7.11 Å². The Morgan fingerprint density at radius 3 is 2.85 bits per heavy atom. The van der Waals surface area contributed by atoms with Crippen LogP contribution >= 0.6 is 0 Å². The first-order valence-corrected chi connectivity index (χ1v) is 7.83. The number of nitrogens with zero attached hydrogens (tertiary/aromatic N) is 1. The monoisotopic (exact) mass is 276 g/mol. The molecule has 0 aliphatic carbocycles. The van der Waals surface area contributed by atoms with Crippen LogP contribution in [0, 0.1) is 0 Å². The van der Waals surface area contributed by atoms with Crippen LogP contribution in [0.2, 0.25) is 0 Å². The Balaban J connectivity index is 1.82. The summed E-state index contributed by atoms with van der Waals surface area (Å²) < 4.78 is 5.33. The fourth-order valence-corrected chi connectivity index (χ4v) is 3.03. The maximum absolute atomic E-state index is 5.33. The summed E-state index contributed by atoms with van der Waals surface area (Å²) in [6.07, 6.45) is 2.45. The van der Waals surface area contributed by atoms with Gasteiger partial charge in [0.25, 0.3) is 0 Å². The fraction of sp³-hybridized carbons (Fsp3) is 0.647. The molecule has 0 spiro atoms. The maximum Gasteiger partial charge on any atom is 0.0628 e. The molecule has 0 saturated carbocycles. The third-order valence-electron chi connectivity index (χ3n) is 4.07. The molecular weight excluding hydrogens is 248 g/mol. The fourth-order valence-electron chi connectivity index (χ4n) is 3.03. The van der Waals surface area contributed by atoms with E-state index in [0.717, 1.165) is 19.7 Å². The Morgan fingerprint density at radius 2 is 2.15 bits per heavy atom. The van der Waals surface area contributed by atoms with Crippen LogP contribution in [0.1, 0.15) is 31.2 Å². The molecule has 1 aliphatic heterocycles. The molecule has 1 N–H and O–H groups in total. The van der Waals surface area contributed by atoms with Crippen molar-refractivity contribution in [2.45, 2.75) is 31.7 Å². The van der Waals surface area contributed by atoms with Crippen molar-refractivity contribution in [3.05, 3.63) is 35.9 Å². The van der Waals surface area contributed by atoms with Gasteiger partial charge in [-0.2, -0.15) is 0 Å². The van der Waals surface area contributed by atoms with E-state index in [2.05, 4.69) is 47.5 Å². The van der Waals surface area contributed by atoms with Crippen LogP contribution in [0.3, 0.4) is 0 Å². The number of nitrogens with one attached hydrogen (secondary N) is 1. The third-order valence-corrected chi connectivity index (χ3v) is 4.07. The Bertz CT molecular complexity index is 369. The van der Waals surface area contributed by atoms with Gasteiger partial charge in [-0.25, -0.2) is 0 Å². The summed E-state index contributed by atoms with van der Waals surface area (Å²) >= 11 is 0. The molecule has 0 aromatic heterocycles. The van der Waals surface area contributed by atoms with Crippen LogP contribution in [0.15, 0.2) is 30.3 Å². The Kier molecular flexibility index (Phi) is 6.51. The maximum atomic E-state index is 5.33. The zero-order valence-corrected chi connectivity index (χ0v) is 12.8. The van der Waals surface area contributed by atoms with Crippen molar-refractivity contribution in [3.8, 4) is 0 Å². The summed E-state index contributed by atoms with van der Waals surface area (Å²) in [5.74, 6) is 0.700. The van der Waals surface area contributed by atoms with Gasteiger partial charge in [0.15, 0.2) is 0 Å². The molecule has 1 aromatic carbocycles. The molecule has 1 aliphatic rings. The highest BCUT2D eigenvalue weighted by molar-refractivity contribution is 5.21. The van der Waals surface area contributed by atoms with Gasteiger partial charge in [-0.1, -0.05) is 37.3 Å². The van der Waals surface area contributed by atoms with Gasteiger partial charge in [0.05, 0.1) is 6.61 Å². The van der Waals surface area contributed by atoms with E-state index in [1.165, 1.54) is 31.5 Å². The lowest BCUT2D eigenvalue weighted by Crippen LogP contribution is -2.43. The number of methoxy groups -OCH3 is 1. The number of rotatable bonds is 8. The summed E-state index contributed by atoms with van der Waals surface area (Å²) in [6.45, 7) is 7.55. The lowest BCUT2D eigenvalue weighted by molar-refractivity contribution is 0.145. The summed E-state index contributed by atoms with van der Waals surface area (Å²) in [4.78, 5) is 2.57. The third kappa shape index (κ3) is 4.58. The second-order valence-corrected chi connectivity index (χ2v) is 5.76. The van der Waals surface area contributed by atoms with Crippen LogP contribution in [-0.2, 0) is 4.74 Å². The number of hydrogen-bond acceptors (Lipinski definition) is 3. The highest BCUT2D eigenvalue weighted by Gasteiger charge is 2.25. The summed E-state index contributed by atoms with van der Waals surface area (Å²) in [5.41, 5.74) is 1.49. The second kappa shape index (κ2) is 8.40. The highest BCUT2D eigenvalue weighted by atomic mass is 16.5. The molecule has 1 saturated heterocycles. The first-order chi connectivity index (χ1) is 9.83. The average molecular weight is 276 g/mol. The number of ether oxygens (including phenoxy) is 1. The molecule has 0 bridgehead atoms. The van der Waals surface area contributed by atoms with Gasteiger partial charge in [-0.15, -0.1) is 0 Å². The van der Waals surface area contributed by atoms with Crippen molar-refractivity contribution in [1.82, 2.24) is 10.2 Å². The summed E-state index contributed by atoms with van der Waals surface area (Å²) in [6, 6.07) is 11.4. The minimum absolute atomic E-state index is 0.453. The van der Waals surface area contributed by atoms with Crippen molar-refractivity contribution in [2.75, 3.05) is 39.9 Å². The normalized spacial score (nSPS) is 21.2. The Hall–Kier alpha value is -0.900. The van der Waals surface area contributed by atoms with E-state index in [9.17, 15) is 0 Å². The van der Waals surface area contributed by atoms with Gasteiger partial charge in [0.1, 0.15) is 0 Å². The van der Waals surface area contributed by atoms with Crippen LogP contribution < -0.4 is 5.32 Å². The van der Waals surface area contributed by atoms with Gasteiger partial charge in [-0.3, -0.25) is 0 Å². The lowest BCUT2D eigenvalue weighted by Gasteiger charge is -2.24. The van der Waals surface area contributed by atoms with Crippen molar-refractivity contribution < 1.29 is 4.74 Å². The largest absolute Gasteiger partial charge is 0.383 e. The molecule has 2 rings (SSSR count). The quantitative estimate of drug-likeness (QED) is 0.789. The van der Waals surface area contributed by atoms with Crippen molar-refractivity contribution in [2.24, 2.45) is 0 Å². The molecular formula is C17H28N2O. The Morgan fingerprint density at radius 1 is 1.35 bits per heavy atom. The summed E-state index contributed by atoms with van der Waals surface area (Å²) in [7, 11) is 1.79. The zero-order chi connectivity index (χ0) is 14.2. The number of benzene rings is 1. The average Bonchev–Trinajstić information content (AvgIpc) is 2.94. The smallest absolute Gasteiger partial charge is 0.0628 e. The Labute approximate surface area is 123 Å². The molecule has 1 heterocycles. The molecule has 112 valence electrons. The molecule has 3 nitrogen and oxygen atoms in total. The molecule has 3 heteroatoms. The van der Waals surface area contributed by atoms with Gasteiger partial charge in [0, 0.05) is 26.2 Å². The van der Waals surface area contributed by atoms with Crippen molar-refractivity contribution in [1.29, 1.82) is 0 Å². The predicted octanol–water partition coefficient (Wildman–Crippen LogP) is 2.49. The van der Waals surface area contributed by atoms with E-state index in [-0.39, 0.29) is 0 Å². The van der Waals surface area contributed by atoms with Crippen molar-refractivity contribution in [3.63, 3.8) is 0 Å². The zero-order valence-electron chi connectivity index (χ0n) is 12.8. The first-order valence-electron chi connectivity index (χ1n) is 7.83. The van der Waals surface area contributed by atoms with E-state index in [4.69, 9.17) is 4.74 Å². The standard InChI is InChI=1S/C17H28N2O/c1-3-10-18-17(14-20-2)13-19-11-9-16(12-19)15-7-5-4-6-8-15/h4-8,16-18H,3,9-14H2,1-2H3. The second-order valence-electron chi connectivity index (χ2n) is 5.76. The van der Waals surface area contributed by atoms with E-state index >= 15 is 0 Å². The SMILES string of the molecule is CCCNC(COC)CN1CCC(c2ccccc2)C1.